The van der Waals surface area contributed by atoms with Gasteiger partial charge in [-0.2, -0.15) is 0 Å². The molecule has 1 fully saturated rings. The number of nitrogens with one attached hydrogen (secondary N) is 1. The molecule has 1 rings (SSSR count). The zero-order chi connectivity index (χ0) is 10.2. The van der Waals surface area contributed by atoms with Crippen LogP contribution in [0.2, 0.25) is 0 Å². The van der Waals surface area contributed by atoms with Crippen LogP contribution in [0.1, 0.15) is 19.3 Å². The molecule has 0 aliphatic heterocycles. The summed E-state index contributed by atoms with van der Waals surface area (Å²) in [6.45, 7) is 3.98. The van der Waals surface area contributed by atoms with Crippen molar-refractivity contribution >= 4 is 0 Å². The predicted molar refractivity (Wildman–Crippen MR) is 56.3 cm³/mol. The van der Waals surface area contributed by atoms with Crippen molar-refractivity contribution in [2.75, 3.05) is 39.4 Å². The first-order chi connectivity index (χ1) is 6.88. The Labute approximate surface area is 85.9 Å². The molecule has 0 heterocycles. The molecule has 0 amide bonds. The van der Waals surface area contributed by atoms with Gasteiger partial charge in [0.2, 0.25) is 0 Å². The molecular weight excluding hydrogens is 180 g/mol. The number of nitrogens with zero attached hydrogens (tertiary/aromatic N) is 1. The van der Waals surface area contributed by atoms with Crippen molar-refractivity contribution in [1.29, 1.82) is 0 Å². The molecule has 0 aromatic heterocycles. The normalized spacial score (nSPS) is 16.5. The van der Waals surface area contributed by atoms with Crippen molar-refractivity contribution in [3.8, 4) is 0 Å². The zero-order valence-corrected chi connectivity index (χ0v) is 8.78. The summed E-state index contributed by atoms with van der Waals surface area (Å²) in [4.78, 5) is 2.36. The summed E-state index contributed by atoms with van der Waals surface area (Å²) in [7, 11) is 0. The maximum atomic E-state index is 8.86. The Morgan fingerprint density at radius 2 is 1.86 bits per heavy atom. The van der Waals surface area contributed by atoms with E-state index < -0.39 is 0 Å². The Kier molecular flexibility index (Phi) is 6.10. The van der Waals surface area contributed by atoms with Crippen molar-refractivity contribution in [2.24, 2.45) is 0 Å². The van der Waals surface area contributed by atoms with Gasteiger partial charge in [0.25, 0.3) is 0 Å². The number of hydrogen-bond acceptors (Lipinski definition) is 4. The maximum Gasteiger partial charge on any atom is 0.0558 e. The minimum absolute atomic E-state index is 0.211. The predicted octanol–water partition coefficient (Wildman–Crippen LogP) is -0.585. The molecule has 0 atom stereocenters. The van der Waals surface area contributed by atoms with E-state index in [9.17, 15) is 0 Å². The Morgan fingerprint density at radius 1 is 1.07 bits per heavy atom. The van der Waals surface area contributed by atoms with E-state index in [-0.39, 0.29) is 13.2 Å². The van der Waals surface area contributed by atoms with E-state index in [1.165, 1.54) is 12.8 Å². The van der Waals surface area contributed by atoms with Crippen LogP contribution in [-0.2, 0) is 0 Å². The van der Waals surface area contributed by atoms with Gasteiger partial charge in [0.1, 0.15) is 0 Å². The highest BCUT2D eigenvalue weighted by molar-refractivity contribution is 4.84. The molecule has 0 spiro atoms. The first-order valence-corrected chi connectivity index (χ1v) is 5.55. The Bertz CT molecular complexity index is 140. The standard InChI is InChI=1S/C10H22N2O2/c13-8-5-11-4-1-6-12(7-9-14)10-2-3-10/h10-11,13-14H,1-9H2. The van der Waals surface area contributed by atoms with Crippen molar-refractivity contribution in [3.63, 3.8) is 0 Å². The highest BCUT2D eigenvalue weighted by Gasteiger charge is 2.27. The molecule has 4 nitrogen and oxygen atoms in total. The maximum absolute atomic E-state index is 8.86. The average Bonchev–Trinajstić information content (AvgIpc) is 2.99. The lowest BCUT2D eigenvalue weighted by atomic mass is 10.3. The van der Waals surface area contributed by atoms with Gasteiger partial charge in [0.05, 0.1) is 13.2 Å². The number of hydrogen-bond donors (Lipinski definition) is 3. The lowest BCUT2D eigenvalue weighted by Crippen LogP contribution is -2.32. The third-order valence-electron chi connectivity index (χ3n) is 2.54. The third kappa shape index (κ3) is 4.91. The largest absolute Gasteiger partial charge is 0.395 e. The fourth-order valence-corrected chi connectivity index (χ4v) is 1.66. The van der Waals surface area contributed by atoms with E-state index in [4.69, 9.17) is 10.2 Å². The van der Waals surface area contributed by atoms with Crippen LogP contribution < -0.4 is 5.32 Å². The molecule has 0 aromatic carbocycles. The molecule has 0 unspecified atom stereocenters. The van der Waals surface area contributed by atoms with Gasteiger partial charge in [0.15, 0.2) is 0 Å². The summed E-state index contributed by atoms with van der Waals surface area (Å²) in [5.41, 5.74) is 0. The minimum Gasteiger partial charge on any atom is -0.395 e. The van der Waals surface area contributed by atoms with Crippen molar-refractivity contribution in [3.05, 3.63) is 0 Å². The summed E-state index contributed by atoms with van der Waals surface area (Å²) >= 11 is 0. The SMILES string of the molecule is OCCNCCCN(CCO)C1CC1. The Morgan fingerprint density at radius 3 is 2.43 bits per heavy atom. The van der Waals surface area contributed by atoms with Crippen LogP contribution >= 0.6 is 0 Å². The minimum atomic E-state index is 0.211. The lowest BCUT2D eigenvalue weighted by molar-refractivity contribution is 0.187. The van der Waals surface area contributed by atoms with E-state index in [0.717, 1.165) is 32.1 Å². The first-order valence-electron chi connectivity index (χ1n) is 5.55. The van der Waals surface area contributed by atoms with Crippen molar-refractivity contribution in [1.82, 2.24) is 10.2 Å². The van der Waals surface area contributed by atoms with Crippen LogP contribution in [-0.4, -0.2) is 60.5 Å². The lowest BCUT2D eigenvalue weighted by Gasteiger charge is -2.20. The second-order valence-corrected chi connectivity index (χ2v) is 3.82. The fraction of sp³-hybridized carbons (Fsp3) is 1.00. The topological polar surface area (TPSA) is 55.7 Å². The quantitative estimate of drug-likeness (QED) is 0.438. The molecule has 1 aliphatic rings. The van der Waals surface area contributed by atoms with Crippen molar-refractivity contribution < 1.29 is 10.2 Å². The van der Waals surface area contributed by atoms with E-state index >= 15 is 0 Å². The number of aliphatic hydroxyl groups excluding tert-OH is 2. The van der Waals surface area contributed by atoms with Crippen LogP contribution in [0.15, 0.2) is 0 Å². The van der Waals surface area contributed by atoms with Gasteiger partial charge in [-0.05, 0) is 32.4 Å². The highest BCUT2D eigenvalue weighted by Crippen LogP contribution is 2.26. The summed E-state index contributed by atoms with van der Waals surface area (Å²) in [5.74, 6) is 0. The Balaban J connectivity index is 1.96. The van der Waals surface area contributed by atoms with Crippen LogP contribution in [0.3, 0.4) is 0 Å². The van der Waals surface area contributed by atoms with Crippen molar-refractivity contribution in [2.45, 2.75) is 25.3 Å². The van der Waals surface area contributed by atoms with Crippen LogP contribution in [0.25, 0.3) is 0 Å². The molecule has 3 N–H and O–H groups in total. The first kappa shape index (κ1) is 11.9. The molecule has 1 aliphatic carbocycles. The zero-order valence-electron chi connectivity index (χ0n) is 8.78. The Hall–Kier alpha value is -0.160. The second-order valence-electron chi connectivity index (χ2n) is 3.82. The molecule has 0 saturated heterocycles. The molecule has 0 radical (unpaired) electrons. The molecule has 0 bridgehead atoms. The number of aliphatic hydroxyl groups is 2. The smallest absolute Gasteiger partial charge is 0.0558 e. The van der Waals surface area contributed by atoms with Gasteiger partial charge in [-0.15, -0.1) is 0 Å². The monoisotopic (exact) mass is 202 g/mol. The van der Waals surface area contributed by atoms with Gasteiger partial charge >= 0.3 is 0 Å². The summed E-state index contributed by atoms with van der Waals surface area (Å²) < 4.78 is 0. The van der Waals surface area contributed by atoms with Gasteiger partial charge in [-0.3, -0.25) is 4.90 Å². The van der Waals surface area contributed by atoms with E-state index in [0.29, 0.717) is 6.54 Å². The molecular formula is C10H22N2O2. The summed E-state index contributed by atoms with van der Waals surface area (Å²) in [6, 6.07) is 0.736. The van der Waals surface area contributed by atoms with Crippen LogP contribution in [0, 0.1) is 0 Å². The van der Waals surface area contributed by atoms with Gasteiger partial charge in [-0.25, -0.2) is 0 Å². The van der Waals surface area contributed by atoms with E-state index in [1.54, 1.807) is 0 Å². The van der Waals surface area contributed by atoms with Gasteiger partial charge < -0.3 is 15.5 Å². The highest BCUT2D eigenvalue weighted by atomic mass is 16.3. The molecule has 84 valence electrons. The third-order valence-corrected chi connectivity index (χ3v) is 2.54. The van der Waals surface area contributed by atoms with E-state index in [1.807, 2.05) is 0 Å². The molecule has 0 aromatic rings. The second kappa shape index (κ2) is 7.17. The van der Waals surface area contributed by atoms with Gasteiger partial charge in [0, 0.05) is 19.1 Å². The van der Waals surface area contributed by atoms with E-state index in [2.05, 4.69) is 10.2 Å². The summed E-state index contributed by atoms with van der Waals surface area (Å²) in [5, 5.41) is 20.6. The molecule has 4 heteroatoms. The van der Waals surface area contributed by atoms with Crippen LogP contribution in [0.4, 0.5) is 0 Å². The average molecular weight is 202 g/mol. The molecule has 14 heavy (non-hydrogen) atoms. The van der Waals surface area contributed by atoms with Gasteiger partial charge in [-0.1, -0.05) is 0 Å². The summed E-state index contributed by atoms with van der Waals surface area (Å²) in [6.07, 6.45) is 3.69. The number of rotatable bonds is 9. The fourth-order valence-electron chi connectivity index (χ4n) is 1.66. The molecule has 1 saturated carbocycles. The van der Waals surface area contributed by atoms with Crippen LogP contribution in [0.5, 0.6) is 0 Å².